The molecule has 4 nitrogen and oxygen atoms in total. The first-order chi connectivity index (χ1) is 7.22. The second kappa shape index (κ2) is 6.19. The number of hydrogen-bond acceptors (Lipinski definition) is 3. The van der Waals surface area contributed by atoms with Crippen LogP contribution in [0.5, 0.6) is 5.75 Å². The van der Waals surface area contributed by atoms with Gasteiger partial charge in [-0.1, -0.05) is 34.1 Å². The maximum atomic E-state index is 11.1. The van der Waals surface area contributed by atoms with Crippen LogP contribution in [0.15, 0.2) is 30.3 Å². The van der Waals surface area contributed by atoms with Crippen molar-refractivity contribution in [1.82, 2.24) is 5.32 Å². The van der Waals surface area contributed by atoms with Crippen molar-refractivity contribution in [3.8, 4) is 5.75 Å². The molecule has 0 aliphatic carbocycles. The van der Waals surface area contributed by atoms with E-state index >= 15 is 0 Å². The Kier molecular flexibility index (Phi) is 4.83. The van der Waals surface area contributed by atoms with E-state index in [4.69, 9.17) is 4.74 Å². The van der Waals surface area contributed by atoms with E-state index in [0.29, 0.717) is 5.75 Å². The van der Waals surface area contributed by atoms with Gasteiger partial charge in [0.15, 0.2) is 6.61 Å². The number of carbonyl (C=O) groups excluding carboxylic acids is 2. The summed E-state index contributed by atoms with van der Waals surface area (Å²) >= 11 is 2.93. The molecule has 15 heavy (non-hydrogen) atoms. The lowest BCUT2D eigenvalue weighted by atomic mass is 10.3. The first-order valence-electron chi connectivity index (χ1n) is 4.29. The number of nitrogens with one attached hydrogen (secondary N) is 1. The van der Waals surface area contributed by atoms with Crippen LogP contribution in [0, 0.1) is 0 Å². The van der Waals surface area contributed by atoms with Gasteiger partial charge >= 0.3 is 0 Å². The number of hydrogen-bond donors (Lipinski definition) is 1. The molecule has 2 amide bonds. The van der Waals surface area contributed by atoms with Crippen molar-refractivity contribution in [2.45, 2.75) is 0 Å². The number of halogens is 1. The van der Waals surface area contributed by atoms with Crippen LogP contribution in [-0.2, 0) is 9.59 Å². The topological polar surface area (TPSA) is 55.4 Å². The minimum absolute atomic E-state index is 0.101. The summed E-state index contributed by atoms with van der Waals surface area (Å²) in [6.07, 6.45) is 0. The highest BCUT2D eigenvalue weighted by molar-refractivity contribution is 9.09. The molecular weight excluding hydrogens is 262 g/mol. The zero-order chi connectivity index (χ0) is 11.1. The molecular formula is C10H10BrNO3. The molecule has 0 aliphatic heterocycles. The summed E-state index contributed by atoms with van der Waals surface area (Å²) in [7, 11) is 0. The van der Waals surface area contributed by atoms with Crippen LogP contribution in [0.4, 0.5) is 0 Å². The highest BCUT2D eigenvalue weighted by atomic mass is 79.9. The molecule has 0 radical (unpaired) electrons. The molecule has 80 valence electrons. The van der Waals surface area contributed by atoms with E-state index in [2.05, 4.69) is 21.2 Å². The average Bonchev–Trinajstić information content (AvgIpc) is 2.27. The van der Waals surface area contributed by atoms with Crippen molar-refractivity contribution >= 4 is 27.7 Å². The number of benzene rings is 1. The summed E-state index contributed by atoms with van der Waals surface area (Å²) in [6, 6.07) is 8.92. The highest BCUT2D eigenvalue weighted by Gasteiger charge is 2.06. The number of rotatable bonds is 4. The lowest BCUT2D eigenvalue weighted by Crippen LogP contribution is -2.34. The Hall–Kier alpha value is -1.36. The largest absolute Gasteiger partial charge is 0.484 e. The molecule has 1 rings (SSSR count). The predicted molar refractivity (Wildman–Crippen MR) is 58.9 cm³/mol. The number of amides is 2. The number of para-hydroxylation sites is 1. The minimum atomic E-state index is -0.455. The summed E-state index contributed by atoms with van der Waals surface area (Å²) in [6.45, 7) is -0.164. The number of imide groups is 1. The lowest BCUT2D eigenvalue weighted by molar-refractivity contribution is -0.130. The van der Waals surface area contributed by atoms with E-state index in [0.717, 1.165) is 0 Å². The fourth-order valence-electron chi connectivity index (χ4n) is 0.891. The van der Waals surface area contributed by atoms with Gasteiger partial charge in [0.25, 0.3) is 5.91 Å². The molecule has 5 heteroatoms. The normalized spacial score (nSPS) is 9.40. The molecule has 1 aromatic rings. The van der Waals surface area contributed by atoms with Crippen LogP contribution >= 0.6 is 15.9 Å². The maximum Gasteiger partial charge on any atom is 0.264 e. The molecule has 0 unspecified atom stereocenters. The molecule has 0 spiro atoms. The number of carbonyl (C=O) groups is 2. The van der Waals surface area contributed by atoms with Gasteiger partial charge in [-0.05, 0) is 12.1 Å². The number of alkyl halides is 1. The van der Waals surface area contributed by atoms with Crippen LogP contribution in [0.1, 0.15) is 0 Å². The van der Waals surface area contributed by atoms with Crippen molar-refractivity contribution in [3.05, 3.63) is 30.3 Å². The van der Waals surface area contributed by atoms with E-state index < -0.39 is 5.91 Å². The Balaban J connectivity index is 2.32. The fourth-order valence-corrected chi connectivity index (χ4v) is 1.03. The molecule has 0 aromatic heterocycles. The van der Waals surface area contributed by atoms with Crippen LogP contribution in [-0.4, -0.2) is 23.8 Å². The predicted octanol–water partition coefficient (Wildman–Crippen LogP) is 1.10. The maximum absolute atomic E-state index is 11.1. The molecule has 0 aliphatic rings. The van der Waals surface area contributed by atoms with Crippen molar-refractivity contribution in [2.24, 2.45) is 0 Å². The number of ether oxygens (including phenoxy) is 1. The van der Waals surface area contributed by atoms with Crippen LogP contribution in [0.2, 0.25) is 0 Å². The first-order valence-corrected chi connectivity index (χ1v) is 5.41. The van der Waals surface area contributed by atoms with Gasteiger partial charge in [0, 0.05) is 0 Å². The molecule has 0 fully saturated rings. The first kappa shape index (κ1) is 11.7. The standard InChI is InChI=1S/C10H10BrNO3/c11-6-9(13)12-10(14)7-15-8-4-2-1-3-5-8/h1-5H,6-7H2,(H,12,13,14). The van der Waals surface area contributed by atoms with Gasteiger partial charge in [-0.15, -0.1) is 0 Å². The van der Waals surface area contributed by atoms with Gasteiger partial charge in [0.2, 0.25) is 5.91 Å². The van der Waals surface area contributed by atoms with Crippen molar-refractivity contribution in [2.75, 3.05) is 11.9 Å². The summed E-state index contributed by atoms with van der Waals surface area (Å²) in [5.41, 5.74) is 0. The third kappa shape index (κ3) is 4.60. The van der Waals surface area contributed by atoms with Crippen molar-refractivity contribution in [3.63, 3.8) is 0 Å². The van der Waals surface area contributed by atoms with E-state index in [1.165, 1.54) is 0 Å². The van der Waals surface area contributed by atoms with Gasteiger partial charge in [0.05, 0.1) is 5.33 Å². The Morgan fingerprint density at radius 2 is 1.87 bits per heavy atom. The molecule has 1 aromatic carbocycles. The van der Waals surface area contributed by atoms with Crippen LogP contribution in [0.3, 0.4) is 0 Å². The van der Waals surface area contributed by atoms with Crippen LogP contribution in [0.25, 0.3) is 0 Å². The van der Waals surface area contributed by atoms with Gasteiger partial charge in [-0.3, -0.25) is 14.9 Å². The smallest absolute Gasteiger partial charge is 0.264 e. The minimum Gasteiger partial charge on any atom is -0.484 e. The Bertz CT molecular complexity index is 340. The van der Waals surface area contributed by atoms with Crippen LogP contribution < -0.4 is 10.1 Å². The highest BCUT2D eigenvalue weighted by Crippen LogP contribution is 2.07. The third-order valence-electron chi connectivity index (χ3n) is 1.51. The van der Waals surface area contributed by atoms with Gasteiger partial charge in [0.1, 0.15) is 5.75 Å². The van der Waals surface area contributed by atoms with Gasteiger partial charge in [-0.2, -0.15) is 0 Å². The zero-order valence-electron chi connectivity index (χ0n) is 7.90. The quantitative estimate of drug-likeness (QED) is 0.835. The molecule has 0 saturated carbocycles. The summed E-state index contributed by atoms with van der Waals surface area (Å²) in [5, 5.41) is 2.25. The molecule has 0 atom stereocenters. The Labute approximate surface area is 95.7 Å². The summed E-state index contributed by atoms with van der Waals surface area (Å²) in [5.74, 6) is -0.237. The molecule has 0 bridgehead atoms. The second-order valence-corrected chi connectivity index (χ2v) is 3.27. The zero-order valence-corrected chi connectivity index (χ0v) is 9.49. The SMILES string of the molecule is O=C(CBr)NC(=O)COc1ccccc1. The van der Waals surface area contributed by atoms with Crippen molar-refractivity contribution in [1.29, 1.82) is 0 Å². The fraction of sp³-hybridized carbons (Fsp3) is 0.200. The molecule has 0 saturated heterocycles. The monoisotopic (exact) mass is 271 g/mol. The van der Waals surface area contributed by atoms with Crippen molar-refractivity contribution < 1.29 is 14.3 Å². The second-order valence-electron chi connectivity index (χ2n) is 2.71. The lowest BCUT2D eigenvalue weighted by Gasteiger charge is -2.05. The van der Waals surface area contributed by atoms with Gasteiger partial charge < -0.3 is 4.74 Å². The van der Waals surface area contributed by atoms with E-state index in [1.807, 2.05) is 6.07 Å². The Morgan fingerprint density at radius 1 is 1.20 bits per heavy atom. The molecule has 0 heterocycles. The van der Waals surface area contributed by atoms with E-state index in [9.17, 15) is 9.59 Å². The summed E-state index contributed by atoms with van der Waals surface area (Å²) in [4.78, 5) is 21.9. The van der Waals surface area contributed by atoms with E-state index in [1.54, 1.807) is 24.3 Å². The Morgan fingerprint density at radius 3 is 2.47 bits per heavy atom. The molecule has 1 N–H and O–H groups in total. The third-order valence-corrected chi connectivity index (χ3v) is 2.02. The summed E-state index contributed by atoms with van der Waals surface area (Å²) < 4.78 is 5.13. The van der Waals surface area contributed by atoms with E-state index in [-0.39, 0.29) is 17.8 Å². The average molecular weight is 272 g/mol. The van der Waals surface area contributed by atoms with Gasteiger partial charge in [-0.25, -0.2) is 0 Å².